The van der Waals surface area contributed by atoms with Crippen molar-refractivity contribution in [3.05, 3.63) is 0 Å². The quantitative estimate of drug-likeness (QED) is 0.404. The molecule has 4 N–H and O–H groups in total. The van der Waals surface area contributed by atoms with Gasteiger partial charge in [-0.2, -0.15) is 0 Å². The molecule has 0 unspecified atom stereocenters. The molecule has 0 aliphatic heterocycles. The van der Waals surface area contributed by atoms with Gasteiger partial charge in [0.2, 0.25) is 0 Å². The topological polar surface area (TPSA) is 52.0 Å². The zero-order valence-corrected chi connectivity index (χ0v) is 14.6. The molecule has 0 aromatic carbocycles. The molecule has 0 atom stereocenters. The van der Waals surface area contributed by atoms with Crippen LogP contribution in [-0.2, 0) is 0 Å². The molecule has 0 saturated carbocycles. The van der Waals surface area contributed by atoms with Crippen molar-refractivity contribution in [1.29, 1.82) is 0 Å². The molecule has 6 heteroatoms. The van der Waals surface area contributed by atoms with Crippen LogP contribution in [0.25, 0.3) is 0 Å². The van der Waals surface area contributed by atoms with Crippen molar-refractivity contribution in [1.82, 2.24) is 0 Å². The summed E-state index contributed by atoms with van der Waals surface area (Å²) in [5.41, 5.74) is 9.81. The Labute approximate surface area is 139 Å². The molecule has 0 bridgehead atoms. The summed E-state index contributed by atoms with van der Waals surface area (Å²) in [6.07, 6.45) is 0. The average Bonchev–Trinajstić information content (AvgIpc) is 1.37. The van der Waals surface area contributed by atoms with Gasteiger partial charge in [-0.25, -0.2) is 0 Å². The maximum atomic E-state index is 4.90. The summed E-state index contributed by atoms with van der Waals surface area (Å²) in [6, 6.07) is 0. The Kier molecular flexibility index (Phi) is 114. The van der Waals surface area contributed by atoms with E-state index in [1.54, 1.807) is 0 Å². The summed E-state index contributed by atoms with van der Waals surface area (Å²) < 4.78 is 0. The minimum Gasteiger partial charge on any atom is -0.329 e. The van der Waals surface area contributed by atoms with Crippen molar-refractivity contribution >= 4 is 118 Å². The van der Waals surface area contributed by atoms with Gasteiger partial charge in [-0.1, -0.05) is 0 Å². The number of hydrogen-bond acceptors (Lipinski definition) is 2. The summed E-state index contributed by atoms with van der Waals surface area (Å²) in [4.78, 5) is 0. The monoisotopic (exact) mass is 152 g/mol. The maximum absolute atomic E-state index is 4.90. The van der Waals surface area contributed by atoms with Crippen LogP contribution in [-0.4, -0.2) is 131 Å². The van der Waals surface area contributed by atoms with E-state index in [0.29, 0.717) is 13.1 Å². The van der Waals surface area contributed by atoms with Crippen LogP contribution < -0.4 is 11.5 Å². The predicted octanol–water partition coefficient (Wildman–Crippen LogP) is -2.62. The first-order chi connectivity index (χ1) is 1.91. The Morgan fingerprint density at radius 1 is 0.625 bits per heavy atom. The third-order valence-electron chi connectivity index (χ3n) is 0.167. The molecule has 0 fully saturated rings. The van der Waals surface area contributed by atoms with E-state index >= 15 is 0 Å². The Balaban J connectivity index is -0.00000000750. The van der Waals surface area contributed by atoms with Gasteiger partial charge in [0.1, 0.15) is 0 Å². The second-order valence-corrected chi connectivity index (χ2v) is 0.577. The molecular formula is C2H8N2Na4. The Morgan fingerprint density at radius 2 is 0.750 bits per heavy atom. The van der Waals surface area contributed by atoms with E-state index in [0.717, 1.165) is 0 Å². The molecular weight excluding hydrogens is 144 g/mol. The fraction of sp³-hybridized carbons (Fsp3) is 1.00. The SMILES string of the molecule is NCCN.[Na].[Na].[Na].[Na]. The molecule has 0 saturated heterocycles. The van der Waals surface area contributed by atoms with Crippen molar-refractivity contribution < 1.29 is 0 Å². The summed E-state index contributed by atoms with van der Waals surface area (Å²) >= 11 is 0. The molecule has 0 aromatic heterocycles. The fourth-order valence-electron chi connectivity index (χ4n) is 0. The van der Waals surface area contributed by atoms with E-state index in [-0.39, 0.29) is 118 Å². The normalized spacial score (nSPS) is 3.75. The van der Waals surface area contributed by atoms with E-state index in [9.17, 15) is 0 Å². The van der Waals surface area contributed by atoms with Gasteiger partial charge in [0, 0.05) is 131 Å². The maximum Gasteiger partial charge on any atom is 0.00461 e. The second kappa shape index (κ2) is 30.7. The van der Waals surface area contributed by atoms with Gasteiger partial charge in [-0.15, -0.1) is 0 Å². The van der Waals surface area contributed by atoms with E-state index < -0.39 is 0 Å². The first-order valence-corrected chi connectivity index (χ1v) is 1.32. The van der Waals surface area contributed by atoms with Gasteiger partial charge in [0.05, 0.1) is 0 Å². The van der Waals surface area contributed by atoms with E-state index in [4.69, 9.17) is 11.5 Å². The fourth-order valence-corrected chi connectivity index (χ4v) is 0. The van der Waals surface area contributed by atoms with Crippen molar-refractivity contribution in [2.45, 2.75) is 0 Å². The van der Waals surface area contributed by atoms with Gasteiger partial charge < -0.3 is 11.5 Å². The number of rotatable bonds is 1. The van der Waals surface area contributed by atoms with Crippen LogP contribution >= 0.6 is 0 Å². The first kappa shape index (κ1) is 29.7. The number of hydrogen-bond donors (Lipinski definition) is 2. The van der Waals surface area contributed by atoms with Crippen LogP contribution in [0.15, 0.2) is 0 Å². The van der Waals surface area contributed by atoms with E-state index in [1.807, 2.05) is 0 Å². The van der Waals surface area contributed by atoms with Crippen molar-refractivity contribution in [2.75, 3.05) is 13.1 Å². The van der Waals surface area contributed by atoms with Crippen molar-refractivity contribution in [3.63, 3.8) is 0 Å². The second-order valence-electron chi connectivity index (χ2n) is 0.577. The van der Waals surface area contributed by atoms with Crippen LogP contribution in [0.3, 0.4) is 0 Å². The summed E-state index contributed by atoms with van der Waals surface area (Å²) in [5, 5.41) is 0. The molecule has 30 valence electrons. The average molecular weight is 152 g/mol. The van der Waals surface area contributed by atoms with Gasteiger partial charge >= 0.3 is 0 Å². The zero-order chi connectivity index (χ0) is 3.41. The van der Waals surface area contributed by atoms with Gasteiger partial charge in [0.25, 0.3) is 0 Å². The molecule has 0 heterocycles. The smallest absolute Gasteiger partial charge is 0.00461 e. The minimum atomic E-state index is 0. The molecule has 0 amide bonds. The van der Waals surface area contributed by atoms with Crippen LogP contribution in [0.1, 0.15) is 0 Å². The molecule has 0 rings (SSSR count). The minimum absolute atomic E-state index is 0. The number of nitrogens with two attached hydrogens (primary N) is 2. The third kappa shape index (κ3) is 32.6. The van der Waals surface area contributed by atoms with Crippen LogP contribution in [0.2, 0.25) is 0 Å². The summed E-state index contributed by atoms with van der Waals surface area (Å²) in [6.45, 7) is 1.19. The third-order valence-corrected chi connectivity index (χ3v) is 0.167. The van der Waals surface area contributed by atoms with Crippen molar-refractivity contribution in [2.24, 2.45) is 11.5 Å². The molecule has 0 spiro atoms. The molecule has 0 aromatic rings. The van der Waals surface area contributed by atoms with Gasteiger partial charge in [-0.05, 0) is 0 Å². The Morgan fingerprint density at radius 3 is 0.750 bits per heavy atom. The van der Waals surface area contributed by atoms with Gasteiger partial charge in [0.15, 0.2) is 0 Å². The molecule has 2 nitrogen and oxygen atoms in total. The molecule has 0 aliphatic carbocycles. The van der Waals surface area contributed by atoms with Crippen LogP contribution in [0, 0.1) is 0 Å². The van der Waals surface area contributed by atoms with Gasteiger partial charge in [-0.3, -0.25) is 0 Å². The Bertz CT molecular complexity index is 14.0. The largest absolute Gasteiger partial charge is 0.329 e. The standard InChI is InChI=1S/C2H8N2.4Na/c3-1-2-4;;;;/h1-4H2;;;;. The van der Waals surface area contributed by atoms with Crippen molar-refractivity contribution in [3.8, 4) is 0 Å². The predicted molar refractivity (Wildman–Crippen MR) is 41.1 cm³/mol. The summed E-state index contributed by atoms with van der Waals surface area (Å²) in [7, 11) is 0. The van der Waals surface area contributed by atoms with Crippen LogP contribution in [0.5, 0.6) is 0 Å². The summed E-state index contributed by atoms with van der Waals surface area (Å²) in [5.74, 6) is 0. The molecule has 8 heavy (non-hydrogen) atoms. The first-order valence-electron chi connectivity index (χ1n) is 1.32. The zero-order valence-electron chi connectivity index (χ0n) is 6.57. The molecule has 0 aliphatic rings. The molecule has 4 radical (unpaired) electrons. The van der Waals surface area contributed by atoms with E-state index in [2.05, 4.69) is 0 Å². The Hall–Kier alpha value is 3.92. The van der Waals surface area contributed by atoms with E-state index in [1.165, 1.54) is 0 Å². The van der Waals surface area contributed by atoms with Crippen LogP contribution in [0.4, 0.5) is 0 Å².